The average molecular weight is 358 g/mol. The first-order chi connectivity index (χ1) is 12.7. The molecule has 0 spiro atoms. The van der Waals surface area contributed by atoms with Crippen LogP contribution in [0.2, 0.25) is 0 Å². The van der Waals surface area contributed by atoms with E-state index in [0.29, 0.717) is 25.2 Å². The molecule has 3 aliphatic heterocycles. The van der Waals surface area contributed by atoms with E-state index in [0.717, 1.165) is 50.9 Å². The highest BCUT2D eigenvalue weighted by Crippen LogP contribution is 2.27. The topological polar surface area (TPSA) is 59.1 Å². The summed E-state index contributed by atoms with van der Waals surface area (Å²) in [5, 5.41) is 0. The number of nitrogens with zero attached hydrogens (tertiary/aromatic N) is 2. The third-order valence-electron chi connectivity index (χ3n) is 5.52. The van der Waals surface area contributed by atoms with Gasteiger partial charge in [0, 0.05) is 30.8 Å². The maximum Gasteiger partial charge on any atom is 0.254 e. The Hall–Kier alpha value is -1.92. The maximum atomic E-state index is 13.1. The highest BCUT2D eigenvalue weighted by molar-refractivity contribution is 5.97. The third kappa shape index (κ3) is 3.48. The summed E-state index contributed by atoms with van der Waals surface area (Å²) in [6.45, 7) is 2.69. The minimum absolute atomic E-state index is 0.0119. The van der Waals surface area contributed by atoms with E-state index in [4.69, 9.17) is 9.47 Å². The van der Waals surface area contributed by atoms with Gasteiger partial charge in [0.1, 0.15) is 0 Å². The van der Waals surface area contributed by atoms with Crippen molar-refractivity contribution in [2.45, 2.75) is 50.9 Å². The number of carbonyl (C=O) groups excluding carboxylic acids is 2. The molecule has 3 saturated heterocycles. The van der Waals surface area contributed by atoms with Gasteiger partial charge in [0.05, 0.1) is 19.3 Å². The Morgan fingerprint density at radius 3 is 2.42 bits per heavy atom. The Morgan fingerprint density at radius 1 is 0.962 bits per heavy atom. The minimum Gasteiger partial charge on any atom is -0.348 e. The molecule has 3 aliphatic rings. The lowest BCUT2D eigenvalue weighted by Gasteiger charge is -2.38. The molecule has 1 atom stereocenters. The predicted octanol–water partition coefficient (Wildman–Crippen LogP) is 2.57. The highest BCUT2D eigenvalue weighted by atomic mass is 16.7. The summed E-state index contributed by atoms with van der Waals surface area (Å²) >= 11 is 0. The van der Waals surface area contributed by atoms with Gasteiger partial charge in [-0.25, -0.2) is 0 Å². The zero-order valence-corrected chi connectivity index (χ0v) is 15.1. The lowest BCUT2D eigenvalue weighted by molar-refractivity contribution is -0.119. The van der Waals surface area contributed by atoms with Crippen LogP contribution in [0.3, 0.4) is 0 Å². The Kier molecular flexibility index (Phi) is 5.22. The SMILES string of the molecule is O=C1CCCCN1c1ccc(C(=O)N2CCCCC2C2OCCO2)cc1. The smallest absolute Gasteiger partial charge is 0.254 e. The summed E-state index contributed by atoms with van der Waals surface area (Å²) in [4.78, 5) is 28.9. The molecule has 0 aliphatic carbocycles. The number of hydrogen-bond acceptors (Lipinski definition) is 4. The second-order valence-electron chi connectivity index (χ2n) is 7.22. The standard InChI is InChI=1S/C20H26N2O4/c23-18-6-2-4-11-21(18)16-9-7-15(8-10-16)19(24)22-12-3-1-5-17(22)20-25-13-14-26-20/h7-10,17,20H,1-6,11-14H2. The van der Waals surface area contributed by atoms with Crippen molar-refractivity contribution in [3.05, 3.63) is 29.8 Å². The fourth-order valence-corrected chi connectivity index (χ4v) is 4.12. The summed E-state index contributed by atoms with van der Waals surface area (Å²) in [5.41, 5.74) is 1.53. The number of rotatable bonds is 3. The largest absolute Gasteiger partial charge is 0.348 e. The van der Waals surface area contributed by atoms with Crippen molar-refractivity contribution in [3.63, 3.8) is 0 Å². The molecule has 4 rings (SSSR count). The van der Waals surface area contributed by atoms with E-state index in [9.17, 15) is 9.59 Å². The van der Waals surface area contributed by atoms with Crippen LogP contribution in [0.15, 0.2) is 24.3 Å². The van der Waals surface area contributed by atoms with Crippen molar-refractivity contribution in [3.8, 4) is 0 Å². The summed E-state index contributed by atoms with van der Waals surface area (Å²) in [7, 11) is 0. The van der Waals surface area contributed by atoms with E-state index < -0.39 is 0 Å². The molecule has 0 N–H and O–H groups in total. The molecular weight excluding hydrogens is 332 g/mol. The van der Waals surface area contributed by atoms with E-state index in [1.165, 1.54) is 0 Å². The first-order valence-corrected chi connectivity index (χ1v) is 9.68. The lowest BCUT2D eigenvalue weighted by atomic mass is 10.00. The fourth-order valence-electron chi connectivity index (χ4n) is 4.12. The third-order valence-corrected chi connectivity index (χ3v) is 5.52. The van der Waals surface area contributed by atoms with Crippen LogP contribution in [-0.2, 0) is 14.3 Å². The van der Waals surface area contributed by atoms with Crippen LogP contribution < -0.4 is 4.90 Å². The molecule has 1 aromatic rings. The molecule has 0 saturated carbocycles. The van der Waals surface area contributed by atoms with Crippen molar-refractivity contribution < 1.29 is 19.1 Å². The van der Waals surface area contributed by atoms with E-state index in [2.05, 4.69) is 0 Å². The number of piperidine rings is 2. The molecule has 1 unspecified atom stereocenters. The number of anilines is 1. The summed E-state index contributed by atoms with van der Waals surface area (Å²) in [6.07, 6.45) is 5.32. The zero-order chi connectivity index (χ0) is 17.9. The number of hydrogen-bond donors (Lipinski definition) is 0. The van der Waals surface area contributed by atoms with Gasteiger partial charge >= 0.3 is 0 Å². The van der Waals surface area contributed by atoms with Gasteiger partial charge in [-0.3, -0.25) is 9.59 Å². The number of ether oxygens (including phenoxy) is 2. The van der Waals surface area contributed by atoms with Crippen LogP contribution >= 0.6 is 0 Å². The van der Waals surface area contributed by atoms with Crippen LogP contribution in [0.4, 0.5) is 5.69 Å². The molecule has 140 valence electrons. The number of amides is 2. The van der Waals surface area contributed by atoms with E-state index >= 15 is 0 Å². The average Bonchev–Trinajstić information content (AvgIpc) is 3.23. The first-order valence-electron chi connectivity index (χ1n) is 9.68. The molecule has 0 radical (unpaired) electrons. The molecule has 26 heavy (non-hydrogen) atoms. The molecular formula is C20H26N2O4. The van der Waals surface area contributed by atoms with Crippen LogP contribution in [0.1, 0.15) is 48.9 Å². The van der Waals surface area contributed by atoms with Crippen LogP contribution in [0.5, 0.6) is 0 Å². The number of carbonyl (C=O) groups is 2. The first kappa shape index (κ1) is 17.5. The van der Waals surface area contributed by atoms with Gasteiger partial charge in [0.25, 0.3) is 5.91 Å². The Balaban J connectivity index is 1.49. The fraction of sp³-hybridized carbons (Fsp3) is 0.600. The summed E-state index contributed by atoms with van der Waals surface area (Å²) in [6, 6.07) is 7.43. The van der Waals surface area contributed by atoms with E-state index in [-0.39, 0.29) is 24.1 Å². The van der Waals surface area contributed by atoms with Crippen LogP contribution in [-0.4, -0.2) is 55.3 Å². The predicted molar refractivity (Wildman–Crippen MR) is 97.0 cm³/mol. The normalized spacial score (nSPS) is 24.9. The van der Waals surface area contributed by atoms with Gasteiger partial charge in [-0.2, -0.15) is 0 Å². The second kappa shape index (κ2) is 7.76. The molecule has 3 fully saturated rings. The molecule has 1 aromatic carbocycles. The van der Waals surface area contributed by atoms with Gasteiger partial charge in [0.2, 0.25) is 5.91 Å². The van der Waals surface area contributed by atoms with Gasteiger partial charge < -0.3 is 19.3 Å². The molecule has 0 aromatic heterocycles. The molecule has 6 nitrogen and oxygen atoms in total. The Bertz CT molecular complexity index is 654. The van der Waals surface area contributed by atoms with Crippen molar-refractivity contribution in [1.82, 2.24) is 4.90 Å². The van der Waals surface area contributed by atoms with Crippen molar-refractivity contribution in [2.75, 3.05) is 31.2 Å². The number of likely N-dealkylation sites (tertiary alicyclic amines) is 1. The minimum atomic E-state index is -0.301. The molecule has 2 amide bonds. The quantitative estimate of drug-likeness (QED) is 0.833. The monoisotopic (exact) mass is 358 g/mol. The van der Waals surface area contributed by atoms with Crippen molar-refractivity contribution in [1.29, 1.82) is 0 Å². The Labute approximate surface area is 154 Å². The van der Waals surface area contributed by atoms with Gasteiger partial charge in [-0.15, -0.1) is 0 Å². The van der Waals surface area contributed by atoms with Crippen LogP contribution in [0.25, 0.3) is 0 Å². The van der Waals surface area contributed by atoms with Crippen molar-refractivity contribution in [2.24, 2.45) is 0 Å². The van der Waals surface area contributed by atoms with E-state index in [1.54, 1.807) is 0 Å². The molecule has 0 bridgehead atoms. The lowest BCUT2D eigenvalue weighted by Crippen LogP contribution is -2.50. The van der Waals surface area contributed by atoms with Crippen molar-refractivity contribution >= 4 is 17.5 Å². The maximum absolute atomic E-state index is 13.1. The van der Waals surface area contributed by atoms with Gasteiger partial charge in [0.15, 0.2) is 6.29 Å². The molecule has 3 heterocycles. The van der Waals surface area contributed by atoms with Gasteiger partial charge in [-0.1, -0.05) is 0 Å². The Morgan fingerprint density at radius 2 is 1.69 bits per heavy atom. The summed E-state index contributed by atoms with van der Waals surface area (Å²) in [5.74, 6) is 0.187. The zero-order valence-electron chi connectivity index (χ0n) is 15.1. The van der Waals surface area contributed by atoms with E-state index in [1.807, 2.05) is 34.1 Å². The summed E-state index contributed by atoms with van der Waals surface area (Å²) < 4.78 is 11.3. The highest BCUT2D eigenvalue weighted by Gasteiger charge is 2.36. The number of benzene rings is 1. The molecule has 6 heteroatoms. The van der Waals surface area contributed by atoms with Gasteiger partial charge in [-0.05, 0) is 56.4 Å². The second-order valence-corrected chi connectivity index (χ2v) is 7.22. The van der Waals surface area contributed by atoms with Crippen LogP contribution in [0, 0.1) is 0 Å².